The van der Waals surface area contributed by atoms with Gasteiger partial charge >= 0.3 is 5.97 Å². The summed E-state index contributed by atoms with van der Waals surface area (Å²) < 4.78 is 11.0. The number of hydrogen-bond acceptors (Lipinski definition) is 3. The lowest BCUT2D eigenvalue weighted by Crippen LogP contribution is -2.44. The molecular weight excluding hydrogens is 208 g/mol. The number of carbonyl (C=O) groups is 1. The van der Waals surface area contributed by atoms with Crippen LogP contribution < -0.4 is 0 Å². The Balaban J connectivity index is 2.39. The van der Waals surface area contributed by atoms with Crippen molar-refractivity contribution in [3.8, 4) is 0 Å². The maximum Gasteiger partial charge on any atom is 0.306 e. The van der Waals surface area contributed by atoms with Gasteiger partial charge in [-0.05, 0) is 6.42 Å². The molecule has 0 spiro atoms. The molecular formula is C12H22O4. The highest BCUT2D eigenvalue weighted by molar-refractivity contribution is 5.68. The molecule has 4 nitrogen and oxygen atoms in total. The fraction of sp³-hybridized carbons (Fsp3) is 0.917. The Labute approximate surface area is 96.9 Å². The zero-order valence-electron chi connectivity index (χ0n) is 10.0. The topological polar surface area (TPSA) is 55.8 Å². The maximum absolute atomic E-state index is 10.8. The minimum absolute atomic E-state index is 0.0547. The quantitative estimate of drug-likeness (QED) is 0.681. The molecule has 1 unspecified atom stereocenters. The molecule has 0 saturated carbocycles. The van der Waals surface area contributed by atoms with Crippen LogP contribution in [0.3, 0.4) is 0 Å². The molecule has 16 heavy (non-hydrogen) atoms. The van der Waals surface area contributed by atoms with Gasteiger partial charge in [0.05, 0.1) is 26.2 Å². The van der Waals surface area contributed by atoms with Crippen LogP contribution in [0.25, 0.3) is 0 Å². The van der Waals surface area contributed by atoms with Gasteiger partial charge in [0, 0.05) is 0 Å². The Kier molecular flexibility index (Phi) is 5.77. The molecule has 1 saturated heterocycles. The average Bonchev–Trinajstić information content (AvgIpc) is 2.25. The molecule has 1 fully saturated rings. The van der Waals surface area contributed by atoms with E-state index in [1.54, 1.807) is 0 Å². The number of carboxylic acid groups (broad SMARTS) is 1. The lowest BCUT2D eigenvalue weighted by molar-refractivity contribution is -0.177. The Morgan fingerprint density at radius 1 is 1.31 bits per heavy atom. The second-order valence-electron chi connectivity index (χ2n) is 4.47. The van der Waals surface area contributed by atoms with E-state index < -0.39 is 11.6 Å². The third-order valence-electron chi connectivity index (χ3n) is 2.96. The van der Waals surface area contributed by atoms with Gasteiger partial charge in [-0.25, -0.2) is 0 Å². The van der Waals surface area contributed by atoms with Crippen molar-refractivity contribution in [2.24, 2.45) is 0 Å². The lowest BCUT2D eigenvalue weighted by atomic mass is 9.92. The zero-order valence-corrected chi connectivity index (χ0v) is 10.0. The molecule has 0 aromatic heterocycles. The first-order chi connectivity index (χ1) is 7.68. The van der Waals surface area contributed by atoms with Gasteiger partial charge in [0.1, 0.15) is 5.60 Å². The fourth-order valence-electron chi connectivity index (χ4n) is 2.10. The molecule has 0 aliphatic carbocycles. The highest BCUT2D eigenvalue weighted by Crippen LogP contribution is 2.27. The van der Waals surface area contributed by atoms with Gasteiger partial charge in [-0.15, -0.1) is 0 Å². The third-order valence-corrected chi connectivity index (χ3v) is 2.96. The number of hydrogen-bond donors (Lipinski definition) is 1. The summed E-state index contributed by atoms with van der Waals surface area (Å²) in [4.78, 5) is 10.8. The summed E-state index contributed by atoms with van der Waals surface area (Å²) in [6.07, 6.45) is 5.39. The third kappa shape index (κ3) is 4.49. The van der Waals surface area contributed by atoms with Gasteiger partial charge in [0.25, 0.3) is 0 Å². The second kappa shape index (κ2) is 6.86. The molecule has 1 N–H and O–H groups in total. The standard InChI is InChI=1S/C12H22O4/c1-2-3-4-5-6-12(9-11(13)14)10-15-7-8-16-12/h2-10H2,1H3,(H,13,14). The van der Waals surface area contributed by atoms with E-state index in [-0.39, 0.29) is 6.42 Å². The van der Waals surface area contributed by atoms with E-state index in [1.165, 1.54) is 12.8 Å². The molecule has 0 amide bonds. The smallest absolute Gasteiger partial charge is 0.306 e. The first-order valence-electron chi connectivity index (χ1n) is 6.12. The van der Waals surface area contributed by atoms with E-state index in [2.05, 4.69) is 6.92 Å². The van der Waals surface area contributed by atoms with E-state index >= 15 is 0 Å². The van der Waals surface area contributed by atoms with Gasteiger partial charge in [0.15, 0.2) is 0 Å². The van der Waals surface area contributed by atoms with E-state index in [0.29, 0.717) is 19.8 Å². The Bertz CT molecular complexity index is 209. The van der Waals surface area contributed by atoms with Crippen molar-refractivity contribution in [2.75, 3.05) is 19.8 Å². The van der Waals surface area contributed by atoms with E-state index in [0.717, 1.165) is 19.3 Å². The van der Waals surface area contributed by atoms with Crippen molar-refractivity contribution < 1.29 is 19.4 Å². The molecule has 1 heterocycles. The largest absolute Gasteiger partial charge is 0.481 e. The van der Waals surface area contributed by atoms with Gasteiger partial charge in [-0.1, -0.05) is 32.6 Å². The number of aliphatic carboxylic acids is 1. The van der Waals surface area contributed by atoms with E-state index in [1.807, 2.05) is 0 Å². The predicted octanol–water partition coefficient (Wildman–Crippen LogP) is 2.22. The molecule has 0 bridgehead atoms. The first kappa shape index (κ1) is 13.5. The monoisotopic (exact) mass is 230 g/mol. The number of unbranched alkanes of at least 4 members (excludes halogenated alkanes) is 3. The summed E-state index contributed by atoms with van der Waals surface area (Å²) in [6.45, 7) is 3.68. The maximum atomic E-state index is 10.8. The van der Waals surface area contributed by atoms with Crippen LogP contribution in [0.5, 0.6) is 0 Å². The lowest BCUT2D eigenvalue weighted by Gasteiger charge is -2.36. The average molecular weight is 230 g/mol. The van der Waals surface area contributed by atoms with E-state index in [4.69, 9.17) is 14.6 Å². The van der Waals surface area contributed by atoms with Gasteiger partial charge < -0.3 is 14.6 Å². The number of ether oxygens (including phenoxy) is 2. The summed E-state index contributed by atoms with van der Waals surface area (Å²) >= 11 is 0. The first-order valence-corrected chi connectivity index (χ1v) is 6.12. The highest BCUT2D eigenvalue weighted by Gasteiger charge is 2.36. The molecule has 0 aromatic carbocycles. The molecule has 1 aliphatic rings. The van der Waals surface area contributed by atoms with Crippen molar-refractivity contribution >= 4 is 5.97 Å². The molecule has 1 rings (SSSR count). The predicted molar refractivity (Wildman–Crippen MR) is 60.5 cm³/mol. The van der Waals surface area contributed by atoms with Crippen LogP contribution in [0.4, 0.5) is 0 Å². The van der Waals surface area contributed by atoms with Crippen molar-refractivity contribution in [3.05, 3.63) is 0 Å². The van der Waals surface area contributed by atoms with Gasteiger partial charge in [-0.2, -0.15) is 0 Å². The van der Waals surface area contributed by atoms with Crippen LogP contribution in [-0.4, -0.2) is 36.5 Å². The Hall–Kier alpha value is -0.610. The molecule has 0 aromatic rings. The highest BCUT2D eigenvalue weighted by atomic mass is 16.6. The second-order valence-corrected chi connectivity index (χ2v) is 4.47. The number of carboxylic acids is 1. The Morgan fingerprint density at radius 3 is 2.69 bits per heavy atom. The Morgan fingerprint density at radius 2 is 2.12 bits per heavy atom. The normalized spacial score (nSPS) is 25.6. The zero-order chi connectivity index (χ0) is 11.9. The van der Waals surface area contributed by atoms with Crippen LogP contribution in [0, 0.1) is 0 Å². The van der Waals surface area contributed by atoms with Crippen LogP contribution >= 0.6 is 0 Å². The molecule has 94 valence electrons. The van der Waals surface area contributed by atoms with Crippen LogP contribution in [0.2, 0.25) is 0 Å². The van der Waals surface area contributed by atoms with Crippen molar-refractivity contribution in [1.29, 1.82) is 0 Å². The minimum Gasteiger partial charge on any atom is -0.481 e. The van der Waals surface area contributed by atoms with Crippen molar-refractivity contribution in [1.82, 2.24) is 0 Å². The summed E-state index contributed by atoms with van der Waals surface area (Å²) in [5.74, 6) is -0.805. The van der Waals surface area contributed by atoms with Gasteiger partial charge in [-0.3, -0.25) is 4.79 Å². The SMILES string of the molecule is CCCCCCC1(CC(=O)O)COCCO1. The molecule has 4 heteroatoms. The van der Waals surface area contributed by atoms with Crippen molar-refractivity contribution in [2.45, 2.75) is 51.0 Å². The summed E-state index contributed by atoms with van der Waals surface area (Å²) in [7, 11) is 0. The summed E-state index contributed by atoms with van der Waals surface area (Å²) in [5, 5.41) is 8.90. The van der Waals surface area contributed by atoms with Gasteiger partial charge in [0.2, 0.25) is 0 Å². The fourth-order valence-corrected chi connectivity index (χ4v) is 2.10. The van der Waals surface area contributed by atoms with Crippen LogP contribution in [0.1, 0.15) is 45.4 Å². The minimum atomic E-state index is -0.805. The van der Waals surface area contributed by atoms with E-state index in [9.17, 15) is 4.79 Å². The number of rotatable bonds is 7. The summed E-state index contributed by atoms with van der Waals surface area (Å²) in [6, 6.07) is 0. The molecule has 1 aliphatic heterocycles. The van der Waals surface area contributed by atoms with Crippen LogP contribution in [-0.2, 0) is 14.3 Å². The van der Waals surface area contributed by atoms with Crippen molar-refractivity contribution in [3.63, 3.8) is 0 Å². The van der Waals surface area contributed by atoms with Crippen LogP contribution in [0.15, 0.2) is 0 Å². The molecule has 1 atom stereocenters. The summed E-state index contributed by atoms with van der Waals surface area (Å²) in [5.41, 5.74) is -0.572. The molecule has 0 radical (unpaired) electrons.